The highest BCUT2D eigenvalue weighted by Crippen LogP contribution is 2.13. The van der Waals surface area contributed by atoms with Gasteiger partial charge in [0.15, 0.2) is 0 Å². The molecular formula is C14H18N6O. The number of tetrazole rings is 1. The molecule has 1 saturated heterocycles. The van der Waals surface area contributed by atoms with E-state index in [0.717, 1.165) is 25.1 Å². The van der Waals surface area contributed by atoms with E-state index in [1.165, 1.54) is 4.80 Å². The molecule has 110 valence electrons. The lowest BCUT2D eigenvalue weighted by atomic mass is 10.2. The van der Waals surface area contributed by atoms with Gasteiger partial charge in [0.1, 0.15) is 6.04 Å². The van der Waals surface area contributed by atoms with E-state index in [9.17, 15) is 4.79 Å². The van der Waals surface area contributed by atoms with E-state index in [1.807, 2.05) is 30.3 Å². The van der Waals surface area contributed by atoms with Crippen molar-refractivity contribution >= 4 is 5.91 Å². The van der Waals surface area contributed by atoms with Crippen molar-refractivity contribution in [2.75, 3.05) is 13.1 Å². The van der Waals surface area contributed by atoms with E-state index in [1.54, 1.807) is 6.92 Å². The van der Waals surface area contributed by atoms with Crippen LogP contribution in [0.1, 0.15) is 19.4 Å². The van der Waals surface area contributed by atoms with Crippen molar-refractivity contribution in [2.24, 2.45) is 0 Å². The minimum absolute atomic E-state index is 0.0827. The number of rotatable bonds is 4. The number of nitrogens with one attached hydrogen (secondary N) is 2. The monoisotopic (exact) mass is 286 g/mol. The Balaban J connectivity index is 1.69. The first kappa shape index (κ1) is 13.7. The molecule has 1 fully saturated rings. The Kier molecular flexibility index (Phi) is 3.92. The molecule has 0 spiro atoms. The van der Waals surface area contributed by atoms with E-state index < -0.39 is 6.04 Å². The number of aromatic nitrogens is 4. The zero-order valence-corrected chi connectivity index (χ0v) is 11.9. The van der Waals surface area contributed by atoms with Gasteiger partial charge in [-0.3, -0.25) is 4.79 Å². The van der Waals surface area contributed by atoms with E-state index >= 15 is 0 Å². The average Bonchev–Trinajstić information content (AvgIpc) is 3.18. The van der Waals surface area contributed by atoms with Gasteiger partial charge in [-0.25, -0.2) is 0 Å². The fourth-order valence-corrected chi connectivity index (χ4v) is 2.30. The van der Waals surface area contributed by atoms with Crippen LogP contribution in [0.5, 0.6) is 0 Å². The molecule has 1 aliphatic heterocycles. The quantitative estimate of drug-likeness (QED) is 0.849. The van der Waals surface area contributed by atoms with Crippen LogP contribution < -0.4 is 10.6 Å². The molecule has 2 N–H and O–H groups in total. The van der Waals surface area contributed by atoms with Gasteiger partial charge < -0.3 is 10.6 Å². The number of nitrogens with zero attached hydrogens (tertiary/aromatic N) is 4. The number of carbonyl (C=O) groups is 1. The minimum atomic E-state index is -0.476. The Morgan fingerprint density at radius 1 is 1.43 bits per heavy atom. The van der Waals surface area contributed by atoms with Crippen molar-refractivity contribution in [3.05, 3.63) is 30.3 Å². The fraction of sp³-hybridized carbons (Fsp3) is 0.429. The average molecular weight is 286 g/mol. The predicted octanol–water partition coefficient (Wildman–Crippen LogP) is 0.379. The molecule has 21 heavy (non-hydrogen) atoms. The third-order valence-electron chi connectivity index (χ3n) is 3.59. The number of amides is 1. The van der Waals surface area contributed by atoms with Gasteiger partial charge in [0.2, 0.25) is 11.7 Å². The first-order chi connectivity index (χ1) is 10.2. The summed E-state index contributed by atoms with van der Waals surface area (Å²) in [5.41, 5.74) is 0.886. The Morgan fingerprint density at radius 3 is 2.95 bits per heavy atom. The highest BCUT2D eigenvalue weighted by atomic mass is 16.2. The molecule has 1 amide bonds. The molecule has 3 rings (SSSR count). The summed E-state index contributed by atoms with van der Waals surface area (Å²) >= 11 is 0. The summed E-state index contributed by atoms with van der Waals surface area (Å²) in [7, 11) is 0. The van der Waals surface area contributed by atoms with Gasteiger partial charge in [-0.15, -0.1) is 10.2 Å². The van der Waals surface area contributed by atoms with Crippen LogP contribution in [0, 0.1) is 0 Å². The van der Waals surface area contributed by atoms with E-state index in [0.29, 0.717) is 5.82 Å². The number of carbonyl (C=O) groups excluding carboxylic acids is 1. The number of hydrogen-bond acceptors (Lipinski definition) is 5. The van der Waals surface area contributed by atoms with E-state index in [4.69, 9.17) is 0 Å². The Labute approximate surface area is 122 Å². The molecule has 2 unspecified atom stereocenters. The van der Waals surface area contributed by atoms with Gasteiger partial charge in [0.05, 0.1) is 0 Å². The van der Waals surface area contributed by atoms with Crippen molar-refractivity contribution in [1.82, 2.24) is 30.8 Å². The highest BCUT2D eigenvalue weighted by molar-refractivity contribution is 5.80. The molecule has 0 saturated carbocycles. The van der Waals surface area contributed by atoms with Crippen LogP contribution in [-0.2, 0) is 4.79 Å². The molecule has 2 aromatic rings. The molecule has 1 aliphatic rings. The smallest absolute Gasteiger partial charge is 0.246 e. The zero-order valence-electron chi connectivity index (χ0n) is 11.9. The van der Waals surface area contributed by atoms with Crippen molar-refractivity contribution in [3.63, 3.8) is 0 Å². The first-order valence-corrected chi connectivity index (χ1v) is 7.10. The van der Waals surface area contributed by atoms with Gasteiger partial charge in [0.25, 0.3) is 0 Å². The summed E-state index contributed by atoms with van der Waals surface area (Å²) in [5.74, 6) is 0.443. The molecule has 7 nitrogen and oxygen atoms in total. The predicted molar refractivity (Wildman–Crippen MR) is 77.4 cm³/mol. The zero-order chi connectivity index (χ0) is 14.7. The maximum absolute atomic E-state index is 12.2. The summed E-state index contributed by atoms with van der Waals surface area (Å²) in [5, 5.41) is 18.5. The molecular weight excluding hydrogens is 268 g/mol. The maximum atomic E-state index is 12.2. The Bertz CT molecular complexity index is 605. The fourth-order valence-electron chi connectivity index (χ4n) is 2.30. The van der Waals surface area contributed by atoms with Gasteiger partial charge in [-0.05, 0) is 25.1 Å². The normalized spacial score (nSPS) is 19.4. The summed E-state index contributed by atoms with van der Waals surface area (Å²) in [6.07, 6.45) is 0.957. The summed E-state index contributed by atoms with van der Waals surface area (Å²) in [4.78, 5) is 13.5. The molecule has 0 bridgehead atoms. The van der Waals surface area contributed by atoms with Crippen LogP contribution in [0.2, 0.25) is 0 Å². The second kappa shape index (κ2) is 6.01. The summed E-state index contributed by atoms with van der Waals surface area (Å²) < 4.78 is 0. The standard InChI is InChI=1S/C14H18N6O/c1-10(14(21)16-12-7-8-15-9-12)20-18-13(17-19-20)11-5-3-2-4-6-11/h2-6,10,12,15H,7-9H2,1H3,(H,16,21). The van der Waals surface area contributed by atoms with Gasteiger partial charge in [-0.1, -0.05) is 30.3 Å². The third kappa shape index (κ3) is 3.08. The topological polar surface area (TPSA) is 84.7 Å². The summed E-state index contributed by atoms with van der Waals surface area (Å²) in [6.45, 7) is 3.53. The second-order valence-corrected chi connectivity index (χ2v) is 5.17. The van der Waals surface area contributed by atoms with Crippen LogP contribution in [0.25, 0.3) is 11.4 Å². The molecule has 7 heteroatoms. The minimum Gasteiger partial charge on any atom is -0.350 e. The van der Waals surface area contributed by atoms with Crippen molar-refractivity contribution < 1.29 is 4.79 Å². The van der Waals surface area contributed by atoms with Crippen molar-refractivity contribution in [2.45, 2.75) is 25.4 Å². The van der Waals surface area contributed by atoms with Crippen molar-refractivity contribution in [1.29, 1.82) is 0 Å². The van der Waals surface area contributed by atoms with Crippen LogP contribution >= 0.6 is 0 Å². The van der Waals surface area contributed by atoms with Crippen LogP contribution in [0.15, 0.2) is 30.3 Å². The molecule has 0 radical (unpaired) electrons. The molecule has 1 aromatic carbocycles. The van der Waals surface area contributed by atoms with Crippen LogP contribution in [0.3, 0.4) is 0 Å². The first-order valence-electron chi connectivity index (χ1n) is 7.10. The van der Waals surface area contributed by atoms with E-state index in [-0.39, 0.29) is 11.9 Å². The molecule has 2 atom stereocenters. The molecule has 0 aliphatic carbocycles. The molecule has 2 heterocycles. The Hall–Kier alpha value is -2.28. The number of hydrogen-bond donors (Lipinski definition) is 2. The lowest BCUT2D eigenvalue weighted by Crippen LogP contribution is -2.40. The number of benzene rings is 1. The van der Waals surface area contributed by atoms with Gasteiger partial charge >= 0.3 is 0 Å². The second-order valence-electron chi connectivity index (χ2n) is 5.17. The summed E-state index contributed by atoms with van der Waals surface area (Å²) in [6, 6.07) is 9.30. The molecule has 1 aromatic heterocycles. The van der Waals surface area contributed by atoms with Crippen molar-refractivity contribution in [3.8, 4) is 11.4 Å². The third-order valence-corrected chi connectivity index (χ3v) is 3.59. The largest absolute Gasteiger partial charge is 0.350 e. The Morgan fingerprint density at radius 2 is 2.24 bits per heavy atom. The highest BCUT2D eigenvalue weighted by Gasteiger charge is 2.23. The van der Waals surface area contributed by atoms with Gasteiger partial charge in [0, 0.05) is 18.2 Å². The maximum Gasteiger partial charge on any atom is 0.246 e. The van der Waals surface area contributed by atoms with Gasteiger partial charge in [-0.2, -0.15) is 4.80 Å². The lowest BCUT2D eigenvalue weighted by molar-refractivity contribution is -0.125. The SMILES string of the molecule is CC(C(=O)NC1CCNC1)n1nnc(-c2ccccc2)n1. The van der Waals surface area contributed by atoms with E-state index in [2.05, 4.69) is 26.0 Å². The lowest BCUT2D eigenvalue weighted by Gasteiger charge is -2.14. The van der Waals surface area contributed by atoms with Crippen LogP contribution in [0.4, 0.5) is 0 Å². The van der Waals surface area contributed by atoms with Crippen LogP contribution in [-0.4, -0.2) is 45.2 Å².